The number of hydrogen-bond acceptors (Lipinski definition) is 3. The lowest BCUT2D eigenvalue weighted by atomic mass is 10.1. The highest BCUT2D eigenvalue weighted by Gasteiger charge is 2.24. The van der Waals surface area contributed by atoms with Gasteiger partial charge in [0.25, 0.3) is 11.8 Å². The number of hydrogen-bond donors (Lipinski definition) is 2. The normalized spacial score (nSPS) is 16.1. The molecule has 0 saturated heterocycles. The Kier molecular flexibility index (Phi) is 4.02. The van der Waals surface area contributed by atoms with E-state index < -0.39 is 6.10 Å². The van der Waals surface area contributed by atoms with Crippen molar-refractivity contribution in [3.63, 3.8) is 0 Å². The van der Waals surface area contributed by atoms with Crippen molar-refractivity contribution < 1.29 is 14.3 Å². The lowest BCUT2D eigenvalue weighted by molar-refractivity contribution is -0.122. The Morgan fingerprint density at radius 3 is 2.70 bits per heavy atom. The molecular formula is C18H18N2O3. The molecule has 0 radical (unpaired) electrons. The molecule has 0 saturated carbocycles. The topological polar surface area (TPSA) is 67.4 Å². The maximum Gasteiger partial charge on any atom is 0.265 e. The Balaban J connectivity index is 1.69. The highest BCUT2D eigenvalue weighted by atomic mass is 16.5. The fourth-order valence-electron chi connectivity index (χ4n) is 2.33. The molecule has 1 aliphatic heterocycles. The van der Waals surface area contributed by atoms with Gasteiger partial charge in [-0.1, -0.05) is 29.8 Å². The van der Waals surface area contributed by atoms with Crippen molar-refractivity contribution in [3.05, 3.63) is 59.2 Å². The molecule has 23 heavy (non-hydrogen) atoms. The van der Waals surface area contributed by atoms with Crippen molar-refractivity contribution in [1.82, 2.24) is 5.32 Å². The van der Waals surface area contributed by atoms with Crippen LogP contribution in [0.1, 0.15) is 28.4 Å². The average molecular weight is 310 g/mol. The molecule has 0 fully saturated rings. The Bertz CT molecular complexity index is 753. The van der Waals surface area contributed by atoms with E-state index in [1.54, 1.807) is 25.1 Å². The van der Waals surface area contributed by atoms with Crippen molar-refractivity contribution >= 4 is 17.5 Å². The maximum absolute atomic E-state index is 12.3. The number of carbonyl (C=O) groups excluding carboxylic acids is 2. The quantitative estimate of drug-likeness (QED) is 0.916. The van der Waals surface area contributed by atoms with Crippen LogP contribution in [0, 0.1) is 6.92 Å². The minimum atomic E-state index is -0.562. The molecule has 1 unspecified atom stereocenters. The lowest BCUT2D eigenvalue weighted by Gasteiger charge is -2.23. The minimum Gasteiger partial charge on any atom is -0.479 e. The van der Waals surface area contributed by atoms with E-state index in [1.165, 1.54) is 5.56 Å². The lowest BCUT2D eigenvalue weighted by Crippen LogP contribution is -2.34. The molecule has 1 aliphatic rings. The number of anilines is 1. The van der Waals surface area contributed by atoms with Gasteiger partial charge in [-0.3, -0.25) is 9.59 Å². The third kappa shape index (κ3) is 3.34. The summed E-state index contributed by atoms with van der Waals surface area (Å²) in [5.41, 5.74) is 3.31. The van der Waals surface area contributed by atoms with Crippen LogP contribution in [0.3, 0.4) is 0 Å². The zero-order valence-corrected chi connectivity index (χ0v) is 13.1. The van der Waals surface area contributed by atoms with E-state index in [4.69, 9.17) is 4.74 Å². The first kappa shape index (κ1) is 15.1. The molecule has 0 aromatic heterocycles. The van der Waals surface area contributed by atoms with Crippen LogP contribution in [-0.2, 0) is 11.3 Å². The van der Waals surface area contributed by atoms with Crippen LogP contribution in [0.2, 0.25) is 0 Å². The van der Waals surface area contributed by atoms with Crippen molar-refractivity contribution in [3.8, 4) is 5.75 Å². The van der Waals surface area contributed by atoms with Gasteiger partial charge in [0, 0.05) is 12.1 Å². The predicted molar refractivity (Wildman–Crippen MR) is 87.5 cm³/mol. The van der Waals surface area contributed by atoms with Gasteiger partial charge >= 0.3 is 0 Å². The number of nitrogens with one attached hydrogen (secondary N) is 2. The summed E-state index contributed by atoms with van der Waals surface area (Å²) in [7, 11) is 0. The first-order valence-electron chi connectivity index (χ1n) is 7.48. The maximum atomic E-state index is 12.3. The molecule has 2 aromatic carbocycles. The number of amides is 2. The molecule has 118 valence electrons. The second kappa shape index (κ2) is 6.12. The van der Waals surface area contributed by atoms with E-state index in [-0.39, 0.29) is 11.8 Å². The van der Waals surface area contributed by atoms with Crippen molar-refractivity contribution in [1.29, 1.82) is 0 Å². The Hall–Kier alpha value is -2.82. The predicted octanol–water partition coefficient (Wildman–Crippen LogP) is 2.64. The number of ether oxygens (including phenoxy) is 1. The minimum absolute atomic E-state index is 0.179. The van der Waals surface area contributed by atoms with E-state index in [2.05, 4.69) is 10.6 Å². The molecule has 0 spiro atoms. The van der Waals surface area contributed by atoms with Crippen LogP contribution in [0.25, 0.3) is 0 Å². The third-order valence-corrected chi connectivity index (χ3v) is 3.75. The fourth-order valence-corrected chi connectivity index (χ4v) is 2.33. The second-order valence-corrected chi connectivity index (χ2v) is 5.63. The summed E-state index contributed by atoms with van der Waals surface area (Å²) in [6.07, 6.45) is -0.562. The Labute approximate surface area is 134 Å². The molecular weight excluding hydrogens is 292 g/mol. The summed E-state index contributed by atoms with van der Waals surface area (Å²) in [5.74, 6) is 0.149. The van der Waals surface area contributed by atoms with Gasteiger partial charge < -0.3 is 15.4 Å². The Morgan fingerprint density at radius 2 is 1.96 bits per heavy atom. The van der Waals surface area contributed by atoms with Gasteiger partial charge in [-0.05, 0) is 37.6 Å². The highest BCUT2D eigenvalue weighted by Crippen LogP contribution is 2.30. The first-order chi connectivity index (χ1) is 11.0. The molecule has 1 heterocycles. The van der Waals surface area contributed by atoms with Crippen LogP contribution in [0.4, 0.5) is 5.69 Å². The van der Waals surface area contributed by atoms with Crippen LogP contribution < -0.4 is 15.4 Å². The second-order valence-electron chi connectivity index (χ2n) is 5.63. The van der Waals surface area contributed by atoms with Gasteiger partial charge in [-0.2, -0.15) is 0 Å². The van der Waals surface area contributed by atoms with Crippen molar-refractivity contribution in [2.24, 2.45) is 0 Å². The summed E-state index contributed by atoms with van der Waals surface area (Å²) < 4.78 is 5.52. The van der Waals surface area contributed by atoms with E-state index in [1.807, 2.05) is 31.2 Å². The fraction of sp³-hybridized carbons (Fsp3) is 0.222. The summed E-state index contributed by atoms with van der Waals surface area (Å²) >= 11 is 0. The summed E-state index contributed by atoms with van der Waals surface area (Å²) in [6.45, 7) is 4.15. The zero-order chi connectivity index (χ0) is 16.4. The SMILES string of the molecule is Cc1ccc(CNC(=O)c2ccc3c(c2)OC(C)C(=O)N3)cc1. The first-order valence-corrected chi connectivity index (χ1v) is 7.48. The molecule has 5 nitrogen and oxygen atoms in total. The molecule has 1 atom stereocenters. The number of fused-ring (bicyclic) bond motifs is 1. The summed E-state index contributed by atoms with van der Waals surface area (Å²) in [5, 5.41) is 5.62. The van der Waals surface area contributed by atoms with Crippen molar-refractivity contribution in [2.45, 2.75) is 26.5 Å². The highest BCUT2D eigenvalue weighted by molar-refractivity contribution is 6.00. The summed E-state index contributed by atoms with van der Waals surface area (Å²) in [4.78, 5) is 23.8. The van der Waals surface area contributed by atoms with E-state index in [9.17, 15) is 9.59 Å². The van der Waals surface area contributed by atoms with Gasteiger partial charge in [-0.15, -0.1) is 0 Å². The monoisotopic (exact) mass is 310 g/mol. The number of aryl methyl sites for hydroxylation is 1. The van der Waals surface area contributed by atoms with Gasteiger partial charge in [0.05, 0.1) is 5.69 Å². The van der Waals surface area contributed by atoms with Gasteiger partial charge in [0.1, 0.15) is 5.75 Å². The van der Waals surface area contributed by atoms with Gasteiger partial charge in [0.2, 0.25) is 0 Å². The molecule has 2 aromatic rings. The van der Waals surface area contributed by atoms with Crippen LogP contribution in [-0.4, -0.2) is 17.9 Å². The van der Waals surface area contributed by atoms with Crippen molar-refractivity contribution in [2.75, 3.05) is 5.32 Å². The average Bonchev–Trinajstić information content (AvgIpc) is 2.54. The molecule has 0 aliphatic carbocycles. The van der Waals surface area contributed by atoms with E-state index >= 15 is 0 Å². The van der Waals surface area contributed by atoms with Crippen LogP contribution in [0.5, 0.6) is 5.75 Å². The molecule has 3 rings (SSSR count). The number of rotatable bonds is 3. The van der Waals surface area contributed by atoms with E-state index in [0.717, 1.165) is 5.56 Å². The van der Waals surface area contributed by atoms with E-state index in [0.29, 0.717) is 23.5 Å². The molecule has 5 heteroatoms. The summed E-state index contributed by atoms with van der Waals surface area (Å²) in [6, 6.07) is 13.0. The standard InChI is InChI=1S/C18H18N2O3/c1-11-3-5-13(6-4-11)10-19-18(22)14-7-8-15-16(9-14)23-12(2)17(21)20-15/h3-9,12H,10H2,1-2H3,(H,19,22)(H,20,21). The zero-order valence-electron chi connectivity index (χ0n) is 13.1. The molecule has 0 bridgehead atoms. The largest absolute Gasteiger partial charge is 0.479 e. The molecule has 2 amide bonds. The third-order valence-electron chi connectivity index (χ3n) is 3.75. The Morgan fingerprint density at radius 1 is 1.22 bits per heavy atom. The van der Waals surface area contributed by atoms with Gasteiger partial charge in [-0.25, -0.2) is 0 Å². The number of carbonyl (C=O) groups is 2. The van der Waals surface area contributed by atoms with Gasteiger partial charge in [0.15, 0.2) is 6.10 Å². The smallest absolute Gasteiger partial charge is 0.265 e. The molecule has 2 N–H and O–H groups in total. The van der Waals surface area contributed by atoms with Crippen LogP contribution >= 0.6 is 0 Å². The van der Waals surface area contributed by atoms with Crippen LogP contribution in [0.15, 0.2) is 42.5 Å². The number of benzene rings is 2.